The first-order chi connectivity index (χ1) is 20.9. The number of rotatable bonds is 6. The van der Waals surface area contributed by atoms with Crippen LogP contribution < -0.4 is 9.47 Å². The predicted molar refractivity (Wildman–Crippen MR) is 136 cm³/mol. The highest BCUT2D eigenvalue weighted by Gasteiger charge is 2.35. The summed E-state index contributed by atoms with van der Waals surface area (Å²) in [6.45, 7) is 14.7. The number of fused-ring (bicyclic) bond motifs is 2. The maximum atomic E-state index is 12.8. The van der Waals surface area contributed by atoms with Gasteiger partial charge in [-0.3, -0.25) is 0 Å². The van der Waals surface area contributed by atoms with Crippen LogP contribution in [0.3, 0.4) is 0 Å². The van der Waals surface area contributed by atoms with Crippen molar-refractivity contribution >= 4 is 22.2 Å². The Balaban J connectivity index is 1.85. The van der Waals surface area contributed by atoms with Crippen molar-refractivity contribution in [2.45, 2.75) is 24.8 Å². The van der Waals surface area contributed by atoms with Gasteiger partial charge in [0.15, 0.2) is 11.2 Å². The quantitative estimate of drug-likeness (QED) is 0.140. The molecule has 0 fully saturated rings. The predicted octanol–water partition coefficient (Wildman–Crippen LogP) is 8.07. The van der Waals surface area contributed by atoms with Crippen LogP contribution in [0.25, 0.3) is 54.1 Å². The number of hydrogen-bond acceptors (Lipinski definition) is 8. The first kappa shape index (κ1) is 29.2. The first-order valence-electron chi connectivity index (χ1n) is 11.9. The first-order valence-corrected chi connectivity index (χ1v) is 11.9. The average Bonchev–Trinajstić information content (AvgIpc) is 3.58. The van der Waals surface area contributed by atoms with E-state index in [0.717, 1.165) is 24.3 Å². The van der Waals surface area contributed by atoms with Crippen LogP contribution in [0.15, 0.2) is 57.4 Å². The topological polar surface area (TPSA) is 127 Å². The zero-order valence-corrected chi connectivity index (χ0v) is 21.4. The highest BCUT2D eigenvalue weighted by molar-refractivity contribution is 6.15. The third-order valence-electron chi connectivity index (χ3n) is 5.94. The van der Waals surface area contributed by atoms with Crippen molar-refractivity contribution in [2.75, 3.05) is 0 Å². The molecule has 0 saturated heterocycles. The Hall–Kier alpha value is -6.26. The molecule has 218 valence electrons. The van der Waals surface area contributed by atoms with Gasteiger partial charge in [0.2, 0.25) is 11.8 Å². The molecule has 0 bridgehead atoms. The normalized spacial score (nSPS) is 11.7. The maximum absolute atomic E-state index is 12.8. The second-order valence-corrected chi connectivity index (χ2v) is 8.68. The Labute approximate surface area is 241 Å². The van der Waals surface area contributed by atoms with E-state index in [4.69, 9.17) is 22.0 Å². The molecule has 3 aromatic carbocycles. The largest absolute Gasteiger partial charge is 0.573 e. The molecule has 10 nitrogen and oxygen atoms in total. The molecule has 0 radical (unpaired) electrons. The summed E-state index contributed by atoms with van der Waals surface area (Å²) in [6.07, 6.45) is -11.5. The molecule has 2 heterocycles. The van der Waals surface area contributed by atoms with E-state index < -0.39 is 36.3 Å². The Morgan fingerprint density at radius 3 is 1.43 bits per heavy atom. The number of nitrogens with zero attached hydrogens (tertiary/aromatic N) is 6. The fourth-order valence-corrected chi connectivity index (χ4v) is 4.26. The van der Waals surface area contributed by atoms with Crippen LogP contribution in [0, 0.1) is 35.8 Å². The summed E-state index contributed by atoms with van der Waals surface area (Å²) in [7, 11) is 0. The molecule has 5 rings (SSSR count). The average molecular weight is 608 g/mol. The van der Waals surface area contributed by atoms with E-state index in [9.17, 15) is 36.9 Å². The van der Waals surface area contributed by atoms with E-state index in [1.165, 1.54) is 24.3 Å². The molecule has 0 amide bonds. The molecule has 0 aliphatic heterocycles. The van der Waals surface area contributed by atoms with Crippen molar-refractivity contribution in [3.8, 4) is 45.9 Å². The van der Waals surface area contributed by atoms with Gasteiger partial charge in [-0.15, -0.1) is 26.3 Å². The maximum Gasteiger partial charge on any atom is 0.573 e. The summed E-state index contributed by atoms with van der Waals surface area (Å²) in [5, 5.41) is 18.9. The Morgan fingerprint density at radius 2 is 1.07 bits per heavy atom. The smallest absolute Gasteiger partial charge is 0.437 e. The summed E-state index contributed by atoms with van der Waals surface area (Å²) < 4.78 is 96.1. The SMILES string of the molecule is [C-]#[N+]C([N+]#[C-])c1nc2c(-c3ccc(OC(F)(F)F)cc3)c3oc(C(C#N)C#N)nc3c(-c3ccc(OC(F)(F)F)cc3)c2o1. The fraction of sp³-hybridized carbons (Fsp3) is 0.143. The lowest BCUT2D eigenvalue weighted by atomic mass is 9.96. The monoisotopic (exact) mass is 608 g/mol. The molecule has 16 heteroatoms. The lowest BCUT2D eigenvalue weighted by Gasteiger charge is -2.12. The van der Waals surface area contributed by atoms with Crippen LogP contribution in [-0.2, 0) is 0 Å². The van der Waals surface area contributed by atoms with Crippen LogP contribution in [0.5, 0.6) is 11.5 Å². The van der Waals surface area contributed by atoms with Gasteiger partial charge in [-0.2, -0.15) is 15.5 Å². The minimum atomic E-state index is -4.97. The number of benzene rings is 3. The van der Waals surface area contributed by atoms with E-state index in [0.29, 0.717) is 0 Å². The molecule has 0 spiro atoms. The van der Waals surface area contributed by atoms with Gasteiger partial charge in [-0.05, 0) is 35.4 Å². The van der Waals surface area contributed by atoms with E-state index >= 15 is 0 Å². The standard InChI is InChI=1S/C28H10F6N6O4/c1-37-24(38-2)26-40-21-19(14-5-9-17(10-6-14)44-28(32,33)34)22-20(39-25(41-22)15(11-35)12-36)18(23(21)42-26)13-3-7-16(8-4-13)43-27(29,30)31/h3-10,15,24H. The molecule has 0 aliphatic rings. The van der Waals surface area contributed by atoms with Crippen LogP contribution in [0.1, 0.15) is 23.9 Å². The van der Waals surface area contributed by atoms with Crippen molar-refractivity contribution in [3.05, 3.63) is 83.1 Å². The number of alkyl halides is 6. The van der Waals surface area contributed by atoms with Gasteiger partial charge in [0, 0.05) is 0 Å². The third-order valence-corrected chi connectivity index (χ3v) is 5.94. The third kappa shape index (κ3) is 5.60. The van der Waals surface area contributed by atoms with Gasteiger partial charge in [0.05, 0.1) is 23.3 Å². The van der Waals surface area contributed by atoms with Gasteiger partial charge >= 0.3 is 24.8 Å². The summed E-state index contributed by atoms with van der Waals surface area (Å²) in [6, 6.07) is 12.3. The van der Waals surface area contributed by atoms with Gasteiger partial charge in [0.25, 0.3) is 0 Å². The lowest BCUT2D eigenvalue weighted by Crippen LogP contribution is -2.17. The molecule has 0 N–H and O–H groups in total. The lowest BCUT2D eigenvalue weighted by molar-refractivity contribution is -0.275. The van der Waals surface area contributed by atoms with Gasteiger partial charge in [-0.1, -0.05) is 24.3 Å². The summed E-state index contributed by atoms with van der Waals surface area (Å²) in [4.78, 5) is 15.0. The number of hydrogen-bond donors (Lipinski definition) is 0. The Morgan fingerprint density at radius 1 is 0.682 bits per heavy atom. The minimum Gasteiger partial charge on any atom is -0.437 e. The zero-order valence-electron chi connectivity index (χ0n) is 21.4. The molecule has 0 atom stereocenters. The molecule has 2 aromatic heterocycles. The van der Waals surface area contributed by atoms with E-state index in [2.05, 4.69) is 29.1 Å². The van der Waals surface area contributed by atoms with Crippen LogP contribution in [0.2, 0.25) is 0 Å². The molecule has 5 aromatic rings. The molecular formula is C28H10F6N6O4. The van der Waals surface area contributed by atoms with E-state index in [1.54, 1.807) is 12.1 Å². The molecule has 44 heavy (non-hydrogen) atoms. The van der Waals surface area contributed by atoms with Crippen LogP contribution in [0.4, 0.5) is 26.3 Å². The number of ether oxygens (including phenoxy) is 2. The van der Waals surface area contributed by atoms with Crippen molar-refractivity contribution in [1.82, 2.24) is 9.97 Å². The second-order valence-electron chi connectivity index (χ2n) is 8.68. The van der Waals surface area contributed by atoms with Crippen molar-refractivity contribution in [1.29, 1.82) is 10.5 Å². The van der Waals surface area contributed by atoms with Crippen LogP contribution in [-0.4, -0.2) is 22.7 Å². The Kier molecular flexibility index (Phi) is 7.22. The summed E-state index contributed by atoms with van der Waals surface area (Å²) >= 11 is 0. The van der Waals surface area contributed by atoms with Crippen molar-refractivity contribution in [2.24, 2.45) is 0 Å². The van der Waals surface area contributed by atoms with E-state index in [-0.39, 0.29) is 56.2 Å². The molecule has 0 unspecified atom stereocenters. The van der Waals surface area contributed by atoms with Crippen molar-refractivity contribution in [3.63, 3.8) is 0 Å². The summed E-state index contributed by atoms with van der Waals surface area (Å²) in [5.41, 5.74) is 0.0645. The van der Waals surface area contributed by atoms with Gasteiger partial charge < -0.3 is 18.3 Å². The molecule has 0 aliphatic carbocycles. The second kappa shape index (κ2) is 10.9. The van der Waals surface area contributed by atoms with Gasteiger partial charge in [0.1, 0.15) is 22.5 Å². The number of aromatic nitrogens is 2. The highest BCUT2D eigenvalue weighted by Crippen LogP contribution is 2.46. The fourth-order valence-electron chi connectivity index (χ4n) is 4.26. The van der Waals surface area contributed by atoms with Crippen molar-refractivity contribution < 1.29 is 44.7 Å². The minimum absolute atomic E-state index is 0.0476. The Bertz CT molecular complexity index is 1820. The summed E-state index contributed by atoms with van der Waals surface area (Å²) in [5.74, 6) is -3.34. The van der Waals surface area contributed by atoms with Crippen LogP contribution >= 0.6 is 0 Å². The zero-order chi connectivity index (χ0) is 31.8. The molecule has 0 saturated carbocycles. The highest BCUT2D eigenvalue weighted by atomic mass is 19.4. The number of nitriles is 2. The number of halogens is 6. The van der Waals surface area contributed by atoms with E-state index in [1.807, 2.05) is 0 Å². The number of oxazole rings is 2. The van der Waals surface area contributed by atoms with Gasteiger partial charge in [-0.25, -0.2) is 27.8 Å². The molecular weight excluding hydrogens is 598 g/mol.